The van der Waals surface area contributed by atoms with Gasteiger partial charge in [0, 0.05) is 24.0 Å². The molecule has 0 atom stereocenters. The molecule has 13 heavy (non-hydrogen) atoms. The van der Waals surface area contributed by atoms with Crippen molar-refractivity contribution in [1.29, 1.82) is 0 Å². The molecule has 0 radical (unpaired) electrons. The van der Waals surface area contributed by atoms with Crippen LogP contribution in [0.5, 0.6) is 0 Å². The fourth-order valence-electron chi connectivity index (χ4n) is 0.716. The number of aromatic nitrogens is 1. The molecular weight excluding hydrogens is 215 g/mol. The first-order valence-electron chi connectivity index (χ1n) is 3.22. The van der Waals surface area contributed by atoms with Gasteiger partial charge in [-0.3, -0.25) is 15.1 Å². The Morgan fingerprint density at radius 3 is 2.38 bits per heavy atom. The summed E-state index contributed by atoms with van der Waals surface area (Å²) in [6.07, 6.45) is 4.74. The molecule has 68 valence electrons. The minimum Gasteiger partial charge on any atom is -0.262 e. The summed E-state index contributed by atoms with van der Waals surface area (Å²) in [5.74, 6) is 0. The van der Waals surface area contributed by atoms with Crippen LogP contribution >= 0.6 is 23.2 Å². The van der Waals surface area contributed by atoms with E-state index >= 15 is 0 Å². The summed E-state index contributed by atoms with van der Waals surface area (Å²) >= 11 is 11.4. The molecule has 0 bridgehead atoms. The van der Waals surface area contributed by atoms with Crippen LogP contribution in [0, 0.1) is 10.1 Å². The minimum absolute atomic E-state index is 0.283. The van der Waals surface area contributed by atoms with Crippen molar-refractivity contribution in [2.45, 2.75) is 0 Å². The standard InChI is InChI=1S/C7H4Cl2N2O2/c8-6-3-10-4-7(9)5(6)1-2-11(12)13/h1-4H/b2-1+. The highest BCUT2D eigenvalue weighted by Gasteiger charge is 2.03. The number of halogens is 2. The molecule has 1 rings (SSSR count). The van der Waals surface area contributed by atoms with Gasteiger partial charge in [-0.15, -0.1) is 0 Å². The molecule has 0 saturated carbocycles. The van der Waals surface area contributed by atoms with Crippen molar-refractivity contribution < 1.29 is 4.92 Å². The lowest BCUT2D eigenvalue weighted by Gasteiger charge is -1.97. The summed E-state index contributed by atoms with van der Waals surface area (Å²) in [6.45, 7) is 0. The van der Waals surface area contributed by atoms with Crippen LogP contribution in [0.2, 0.25) is 10.0 Å². The molecule has 0 aromatic carbocycles. The third kappa shape index (κ3) is 2.68. The van der Waals surface area contributed by atoms with Gasteiger partial charge in [-0.05, 0) is 0 Å². The molecule has 0 spiro atoms. The third-order valence-corrected chi connectivity index (χ3v) is 1.86. The van der Waals surface area contributed by atoms with E-state index in [2.05, 4.69) is 4.98 Å². The number of rotatable bonds is 2. The Kier molecular flexibility index (Phi) is 3.22. The summed E-state index contributed by atoms with van der Waals surface area (Å²) in [5.41, 5.74) is 0.398. The second-order valence-corrected chi connectivity index (χ2v) is 2.93. The molecule has 4 nitrogen and oxygen atoms in total. The fraction of sp³-hybridized carbons (Fsp3) is 0. The van der Waals surface area contributed by atoms with E-state index in [-0.39, 0.29) is 10.0 Å². The van der Waals surface area contributed by atoms with E-state index in [4.69, 9.17) is 23.2 Å². The summed E-state index contributed by atoms with van der Waals surface area (Å²) in [6, 6.07) is 0. The van der Waals surface area contributed by atoms with Crippen LogP contribution in [0.3, 0.4) is 0 Å². The molecule has 1 aromatic rings. The highest BCUT2D eigenvalue weighted by molar-refractivity contribution is 6.36. The van der Waals surface area contributed by atoms with E-state index in [0.29, 0.717) is 5.56 Å². The first-order valence-corrected chi connectivity index (χ1v) is 3.97. The van der Waals surface area contributed by atoms with Crippen LogP contribution in [0.15, 0.2) is 18.6 Å². The smallest absolute Gasteiger partial charge is 0.235 e. The molecule has 1 aromatic heterocycles. The van der Waals surface area contributed by atoms with E-state index in [0.717, 1.165) is 6.20 Å². The fourth-order valence-corrected chi connectivity index (χ4v) is 1.21. The molecule has 1 heterocycles. The maximum atomic E-state index is 10.0. The van der Waals surface area contributed by atoms with Crippen LogP contribution < -0.4 is 0 Å². The number of nitro groups is 1. The van der Waals surface area contributed by atoms with Crippen LogP contribution in [0.25, 0.3) is 6.08 Å². The Hall–Kier alpha value is -1.13. The van der Waals surface area contributed by atoms with Gasteiger partial charge in [0.2, 0.25) is 6.20 Å². The van der Waals surface area contributed by atoms with Crippen molar-refractivity contribution in [2.75, 3.05) is 0 Å². The average Bonchev–Trinajstić information content (AvgIpc) is 2.03. The zero-order valence-electron chi connectivity index (χ0n) is 6.28. The van der Waals surface area contributed by atoms with Gasteiger partial charge < -0.3 is 0 Å². The topological polar surface area (TPSA) is 56.0 Å². The van der Waals surface area contributed by atoms with E-state index in [1.807, 2.05) is 0 Å². The van der Waals surface area contributed by atoms with Crippen molar-refractivity contribution >= 4 is 29.3 Å². The molecular formula is C7H4Cl2N2O2. The summed E-state index contributed by atoms with van der Waals surface area (Å²) in [4.78, 5) is 13.1. The highest BCUT2D eigenvalue weighted by Crippen LogP contribution is 2.23. The number of hydrogen-bond donors (Lipinski definition) is 0. The van der Waals surface area contributed by atoms with Crippen LogP contribution in [0.1, 0.15) is 5.56 Å². The van der Waals surface area contributed by atoms with Gasteiger partial charge >= 0.3 is 0 Å². The lowest BCUT2D eigenvalue weighted by molar-refractivity contribution is -0.400. The normalized spacial score (nSPS) is 10.6. The Morgan fingerprint density at radius 2 is 1.92 bits per heavy atom. The first-order chi connectivity index (χ1) is 6.11. The van der Waals surface area contributed by atoms with Crippen molar-refractivity contribution in [3.05, 3.63) is 44.3 Å². The van der Waals surface area contributed by atoms with Crippen LogP contribution in [-0.4, -0.2) is 9.91 Å². The van der Waals surface area contributed by atoms with Crippen molar-refractivity contribution in [2.24, 2.45) is 0 Å². The van der Waals surface area contributed by atoms with Crippen molar-refractivity contribution in [3.8, 4) is 0 Å². The Bertz CT molecular complexity index is 345. The van der Waals surface area contributed by atoms with Gasteiger partial charge in [0.25, 0.3) is 0 Å². The van der Waals surface area contributed by atoms with E-state index < -0.39 is 4.92 Å². The second kappa shape index (κ2) is 4.20. The maximum absolute atomic E-state index is 10.0. The zero-order chi connectivity index (χ0) is 9.84. The molecule has 0 fully saturated rings. The largest absolute Gasteiger partial charge is 0.262 e. The SMILES string of the molecule is O=[N+]([O-])/C=C/c1c(Cl)cncc1Cl. The number of pyridine rings is 1. The summed E-state index contributed by atoms with van der Waals surface area (Å²) in [5, 5.41) is 10.6. The van der Waals surface area contributed by atoms with Crippen LogP contribution in [-0.2, 0) is 0 Å². The molecule has 0 N–H and O–H groups in total. The summed E-state index contributed by atoms with van der Waals surface area (Å²) in [7, 11) is 0. The predicted molar refractivity (Wildman–Crippen MR) is 50.3 cm³/mol. The number of nitrogens with zero attached hydrogens (tertiary/aromatic N) is 2. The monoisotopic (exact) mass is 218 g/mol. The highest BCUT2D eigenvalue weighted by atomic mass is 35.5. The molecule has 6 heteroatoms. The summed E-state index contributed by atoms with van der Waals surface area (Å²) < 4.78 is 0. The van der Waals surface area contributed by atoms with Crippen molar-refractivity contribution in [3.63, 3.8) is 0 Å². The minimum atomic E-state index is -0.590. The lowest BCUT2D eigenvalue weighted by Crippen LogP contribution is -1.85. The molecule has 0 amide bonds. The Balaban J connectivity index is 3.06. The zero-order valence-corrected chi connectivity index (χ0v) is 7.79. The molecule has 0 saturated heterocycles. The Morgan fingerprint density at radius 1 is 1.38 bits per heavy atom. The van der Waals surface area contributed by atoms with Crippen molar-refractivity contribution in [1.82, 2.24) is 4.98 Å². The molecule has 0 aliphatic carbocycles. The quantitative estimate of drug-likeness (QED) is 0.567. The number of hydrogen-bond acceptors (Lipinski definition) is 3. The van der Waals surface area contributed by atoms with Gasteiger partial charge in [0.1, 0.15) is 0 Å². The molecule has 0 aliphatic heterocycles. The van der Waals surface area contributed by atoms with E-state index in [1.54, 1.807) is 0 Å². The van der Waals surface area contributed by atoms with Crippen LogP contribution in [0.4, 0.5) is 0 Å². The van der Waals surface area contributed by atoms with Gasteiger partial charge in [-0.25, -0.2) is 0 Å². The average molecular weight is 219 g/mol. The predicted octanol–water partition coefficient (Wildman–Crippen LogP) is 2.64. The Labute approximate surface area is 84.0 Å². The van der Waals surface area contributed by atoms with E-state index in [9.17, 15) is 10.1 Å². The van der Waals surface area contributed by atoms with Gasteiger partial charge in [-0.1, -0.05) is 23.2 Å². The van der Waals surface area contributed by atoms with Gasteiger partial charge in [0.15, 0.2) is 0 Å². The maximum Gasteiger partial charge on any atom is 0.235 e. The first kappa shape index (κ1) is 9.95. The molecule has 0 unspecified atom stereocenters. The second-order valence-electron chi connectivity index (χ2n) is 2.12. The van der Waals surface area contributed by atoms with Gasteiger partial charge in [-0.2, -0.15) is 0 Å². The lowest BCUT2D eigenvalue weighted by atomic mass is 10.2. The molecule has 0 aliphatic rings. The van der Waals surface area contributed by atoms with Gasteiger partial charge in [0.05, 0.1) is 15.0 Å². The van der Waals surface area contributed by atoms with E-state index in [1.165, 1.54) is 18.5 Å². The third-order valence-electron chi connectivity index (χ3n) is 1.25.